The van der Waals surface area contributed by atoms with Crippen molar-refractivity contribution in [3.8, 4) is 5.75 Å². The van der Waals surface area contributed by atoms with Gasteiger partial charge in [-0.05, 0) is 36.4 Å². The third-order valence-electron chi connectivity index (χ3n) is 3.95. The van der Waals surface area contributed by atoms with E-state index in [1.165, 1.54) is 7.11 Å². The van der Waals surface area contributed by atoms with Gasteiger partial charge in [-0.15, -0.1) is 0 Å². The fraction of sp³-hybridized carbons (Fsp3) is 0.263. The van der Waals surface area contributed by atoms with Crippen LogP contribution in [-0.2, 0) is 0 Å². The van der Waals surface area contributed by atoms with Gasteiger partial charge in [-0.2, -0.15) is 18.2 Å². The second-order valence-corrected chi connectivity index (χ2v) is 7.20. The number of benzene rings is 2. The normalized spacial score (nSPS) is 18.7. The average molecular weight is 394 g/mol. The molecule has 2 aromatic carbocycles. The van der Waals surface area contributed by atoms with Crippen LogP contribution in [0.1, 0.15) is 16.8 Å². The van der Waals surface area contributed by atoms with Crippen LogP contribution in [0, 0.1) is 0 Å². The number of hydrogen-bond acceptors (Lipinski definition) is 3. The number of amidine groups is 1. The van der Waals surface area contributed by atoms with Gasteiger partial charge in [-0.3, -0.25) is 4.79 Å². The molecule has 3 rings (SSSR count). The zero-order valence-electron chi connectivity index (χ0n) is 14.4. The summed E-state index contributed by atoms with van der Waals surface area (Å²) in [7, 11) is 1.53. The number of aliphatic imine (C=N–C) groups is 1. The van der Waals surface area contributed by atoms with Crippen molar-refractivity contribution >= 4 is 28.5 Å². The van der Waals surface area contributed by atoms with E-state index in [2.05, 4.69) is 4.99 Å². The predicted molar refractivity (Wildman–Crippen MR) is 101 cm³/mol. The first-order valence-electron chi connectivity index (χ1n) is 8.19. The Balaban J connectivity index is 1.89. The molecule has 1 fully saturated rings. The van der Waals surface area contributed by atoms with E-state index in [1.807, 2.05) is 0 Å². The summed E-state index contributed by atoms with van der Waals surface area (Å²) < 4.78 is 43.6. The van der Waals surface area contributed by atoms with Crippen LogP contribution in [0.5, 0.6) is 5.75 Å². The van der Waals surface area contributed by atoms with Crippen LogP contribution in [-0.4, -0.2) is 36.2 Å². The Morgan fingerprint density at radius 1 is 1.19 bits per heavy atom. The number of hydrogen-bond donors (Lipinski definition) is 0. The van der Waals surface area contributed by atoms with Crippen molar-refractivity contribution in [3.63, 3.8) is 0 Å². The maximum absolute atomic E-state index is 12.8. The molecule has 142 valence electrons. The average Bonchev–Trinajstić information content (AvgIpc) is 3.02. The Morgan fingerprint density at radius 2 is 1.85 bits per heavy atom. The minimum atomic E-state index is -4.28. The number of amides is 1. The predicted octanol–water partition coefficient (Wildman–Crippen LogP) is 4.77. The van der Waals surface area contributed by atoms with E-state index in [0.717, 1.165) is 11.8 Å². The molecule has 1 aliphatic rings. The minimum absolute atomic E-state index is 0.122. The molecule has 0 saturated carbocycles. The molecule has 1 aliphatic heterocycles. The van der Waals surface area contributed by atoms with Crippen molar-refractivity contribution in [2.24, 2.45) is 4.99 Å². The first-order valence-corrected chi connectivity index (χ1v) is 9.07. The van der Waals surface area contributed by atoms with Gasteiger partial charge < -0.3 is 9.64 Å². The van der Waals surface area contributed by atoms with Crippen LogP contribution in [0.3, 0.4) is 0 Å². The molecule has 0 aliphatic carbocycles. The van der Waals surface area contributed by atoms with Gasteiger partial charge in [0.2, 0.25) is 0 Å². The van der Waals surface area contributed by atoms with Gasteiger partial charge in [-0.25, -0.2) is 0 Å². The van der Waals surface area contributed by atoms with Gasteiger partial charge in [0.05, 0.1) is 13.5 Å². The van der Waals surface area contributed by atoms with Crippen molar-refractivity contribution in [1.82, 2.24) is 0 Å². The monoisotopic (exact) mass is 394 g/mol. The molecular weight excluding hydrogens is 377 g/mol. The summed E-state index contributed by atoms with van der Waals surface area (Å²) in [4.78, 5) is 18.1. The van der Waals surface area contributed by atoms with Gasteiger partial charge >= 0.3 is 6.18 Å². The lowest BCUT2D eigenvalue weighted by Crippen LogP contribution is -2.27. The van der Waals surface area contributed by atoms with Gasteiger partial charge in [0.25, 0.3) is 5.91 Å². The van der Waals surface area contributed by atoms with E-state index in [0.29, 0.717) is 17.0 Å². The summed E-state index contributed by atoms with van der Waals surface area (Å²) in [6, 6.07) is 15.3. The molecule has 2 aromatic rings. The maximum atomic E-state index is 12.8. The lowest BCUT2D eigenvalue weighted by atomic mass is 10.2. The Hall–Kier alpha value is -2.48. The summed E-state index contributed by atoms with van der Waals surface area (Å²) in [5, 5.41) is -0.460. The second-order valence-electron chi connectivity index (χ2n) is 5.93. The highest BCUT2D eigenvalue weighted by Crippen LogP contribution is 2.37. The first-order chi connectivity index (χ1) is 12.9. The number of rotatable bonds is 4. The van der Waals surface area contributed by atoms with Gasteiger partial charge in [0.15, 0.2) is 5.17 Å². The summed E-state index contributed by atoms with van der Waals surface area (Å²) >= 11 is 0.977. The number of anilines is 1. The molecule has 1 atom stereocenters. The van der Waals surface area contributed by atoms with Crippen LogP contribution in [0.2, 0.25) is 0 Å². The van der Waals surface area contributed by atoms with Crippen LogP contribution in [0.25, 0.3) is 0 Å². The fourth-order valence-corrected chi connectivity index (χ4v) is 3.93. The Bertz CT molecular complexity index is 823. The van der Waals surface area contributed by atoms with Crippen LogP contribution < -0.4 is 9.64 Å². The molecule has 4 nitrogen and oxygen atoms in total. The molecule has 0 radical (unpaired) electrons. The lowest BCUT2D eigenvalue weighted by Gasteiger charge is -2.18. The topological polar surface area (TPSA) is 41.9 Å². The highest BCUT2D eigenvalue weighted by molar-refractivity contribution is 8.15. The second kappa shape index (κ2) is 8.04. The summed E-state index contributed by atoms with van der Waals surface area (Å²) in [6.07, 6.45) is -5.22. The molecule has 1 heterocycles. The van der Waals surface area contributed by atoms with Crippen molar-refractivity contribution in [3.05, 3.63) is 60.2 Å². The molecule has 0 aromatic heterocycles. The summed E-state index contributed by atoms with van der Waals surface area (Å²) in [6.45, 7) is 0.122. The molecule has 1 amide bonds. The smallest absolute Gasteiger partial charge is 0.390 e. The van der Waals surface area contributed by atoms with E-state index in [4.69, 9.17) is 4.74 Å². The minimum Gasteiger partial charge on any atom is -0.497 e. The molecule has 0 N–H and O–H groups in total. The molecule has 8 heteroatoms. The summed E-state index contributed by atoms with van der Waals surface area (Å²) in [5.74, 6) is 0.153. The number of halogens is 3. The number of nitrogens with zero attached hydrogens (tertiary/aromatic N) is 2. The number of ether oxygens (including phenoxy) is 1. The van der Waals surface area contributed by atoms with Crippen LogP contribution in [0.15, 0.2) is 59.6 Å². The zero-order valence-corrected chi connectivity index (χ0v) is 15.3. The standard InChI is InChI=1S/C19H17F3N2O2S/c1-26-15-9-7-14(8-10-15)24-12-16(11-19(20,21)22)27-18(24)23-17(25)13-5-3-2-4-6-13/h2-10,16H,11-12H2,1H3. The maximum Gasteiger partial charge on any atom is 0.390 e. The molecule has 0 spiro atoms. The van der Waals surface area contributed by atoms with Gasteiger partial charge in [0, 0.05) is 23.0 Å². The van der Waals surface area contributed by atoms with E-state index < -0.39 is 23.8 Å². The van der Waals surface area contributed by atoms with Crippen molar-refractivity contribution < 1.29 is 22.7 Å². The third kappa shape index (κ3) is 5.03. The van der Waals surface area contributed by atoms with E-state index >= 15 is 0 Å². The van der Waals surface area contributed by atoms with Crippen molar-refractivity contribution in [2.45, 2.75) is 17.8 Å². The Morgan fingerprint density at radius 3 is 2.44 bits per heavy atom. The zero-order chi connectivity index (χ0) is 19.4. The number of methoxy groups -OCH3 is 1. The fourth-order valence-electron chi connectivity index (χ4n) is 2.69. The Kier molecular flexibility index (Phi) is 5.74. The number of carbonyl (C=O) groups excluding carboxylic acids is 1. The van der Waals surface area contributed by atoms with E-state index in [-0.39, 0.29) is 11.7 Å². The first kappa shape index (κ1) is 19.3. The SMILES string of the molecule is COc1ccc(N2CC(CC(F)(F)F)SC2=NC(=O)c2ccccc2)cc1. The highest BCUT2D eigenvalue weighted by Gasteiger charge is 2.39. The van der Waals surface area contributed by atoms with Gasteiger partial charge in [-0.1, -0.05) is 30.0 Å². The molecule has 1 saturated heterocycles. The number of thioether (sulfide) groups is 1. The molecule has 0 bridgehead atoms. The quantitative estimate of drug-likeness (QED) is 0.749. The lowest BCUT2D eigenvalue weighted by molar-refractivity contribution is -0.133. The van der Waals surface area contributed by atoms with Crippen molar-refractivity contribution in [2.75, 3.05) is 18.6 Å². The number of alkyl halides is 3. The van der Waals surface area contributed by atoms with E-state index in [1.54, 1.807) is 59.5 Å². The van der Waals surface area contributed by atoms with E-state index in [9.17, 15) is 18.0 Å². The van der Waals surface area contributed by atoms with Crippen LogP contribution >= 0.6 is 11.8 Å². The van der Waals surface area contributed by atoms with Crippen molar-refractivity contribution in [1.29, 1.82) is 0 Å². The molecule has 1 unspecified atom stereocenters. The molecule has 27 heavy (non-hydrogen) atoms. The third-order valence-corrected chi connectivity index (χ3v) is 5.12. The summed E-state index contributed by atoms with van der Waals surface area (Å²) in [5.41, 5.74) is 1.05. The Labute approximate surface area is 159 Å². The number of carbonyl (C=O) groups is 1. The molecular formula is C19H17F3N2O2S. The van der Waals surface area contributed by atoms with Crippen LogP contribution in [0.4, 0.5) is 18.9 Å². The highest BCUT2D eigenvalue weighted by atomic mass is 32.2. The largest absolute Gasteiger partial charge is 0.497 e. The van der Waals surface area contributed by atoms with Gasteiger partial charge in [0.1, 0.15) is 5.75 Å².